The lowest BCUT2D eigenvalue weighted by Gasteiger charge is -2.10. The van der Waals surface area contributed by atoms with E-state index in [4.69, 9.17) is 10.5 Å². The van der Waals surface area contributed by atoms with E-state index in [0.29, 0.717) is 6.54 Å². The van der Waals surface area contributed by atoms with Crippen LogP contribution in [0.3, 0.4) is 0 Å². The van der Waals surface area contributed by atoms with Crippen molar-refractivity contribution >= 4 is 0 Å². The summed E-state index contributed by atoms with van der Waals surface area (Å²) in [5, 5.41) is 0. The van der Waals surface area contributed by atoms with Crippen LogP contribution in [0.4, 0.5) is 0 Å². The maximum Gasteiger partial charge on any atom is 0.111 e. The molecule has 2 aromatic carbocycles. The maximum atomic E-state index is 5.94. The monoisotopic (exact) mass is 253 g/mol. The van der Waals surface area contributed by atoms with Gasteiger partial charge in [0.1, 0.15) is 5.60 Å². The van der Waals surface area contributed by atoms with Crippen LogP contribution < -0.4 is 5.73 Å². The molecule has 2 aromatic rings. The van der Waals surface area contributed by atoms with Crippen molar-refractivity contribution in [3.63, 3.8) is 0 Å². The first-order chi connectivity index (χ1) is 9.32. The van der Waals surface area contributed by atoms with Crippen LogP contribution in [0.5, 0.6) is 0 Å². The zero-order valence-corrected chi connectivity index (χ0v) is 11.0. The molecule has 1 fully saturated rings. The van der Waals surface area contributed by atoms with Gasteiger partial charge in [-0.25, -0.2) is 0 Å². The summed E-state index contributed by atoms with van der Waals surface area (Å²) in [6, 6.07) is 20.9. The first-order valence-corrected chi connectivity index (χ1v) is 6.78. The highest BCUT2D eigenvalue weighted by Crippen LogP contribution is 2.40. The van der Waals surface area contributed by atoms with Gasteiger partial charge in [-0.2, -0.15) is 0 Å². The zero-order valence-electron chi connectivity index (χ0n) is 11.0. The average molecular weight is 253 g/mol. The first kappa shape index (κ1) is 12.4. The van der Waals surface area contributed by atoms with E-state index in [-0.39, 0.29) is 11.7 Å². The highest BCUT2D eigenvalue weighted by molar-refractivity contribution is 5.24. The fraction of sp³-hybridized carbons (Fsp3) is 0.294. The number of rotatable bonds is 5. The lowest BCUT2D eigenvalue weighted by atomic mass is 9.93. The molecule has 1 heterocycles. The molecule has 0 saturated carbocycles. The van der Waals surface area contributed by atoms with E-state index in [2.05, 4.69) is 48.5 Å². The van der Waals surface area contributed by atoms with Crippen LogP contribution in [0.2, 0.25) is 0 Å². The summed E-state index contributed by atoms with van der Waals surface area (Å²) in [6.07, 6.45) is 2.10. The minimum absolute atomic E-state index is 0.156. The predicted molar refractivity (Wildman–Crippen MR) is 77.0 cm³/mol. The number of hydrogen-bond donors (Lipinski definition) is 1. The lowest BCUT2D eigenvalue weighted by Crippen LogP contribution is -2.30. The molecule has 2 atom stereocenters. The fourth-order valence-electron chi connectivity index (χ4n) is 2.65. The molecule has 0 spiro atoms. The van der Waals surface area contributed by atoms with Crippen LogP contribution in [0.25, 0.3) is 0 Å². The van der Waals surface area contributed by atoms with Gasteiger partial charge in [0.05, 0.1) is 6.10 Å². The number of benzene rings is 2. The van der Waals surface area contributed by atoms with Gasteiger partial charge in [-0.15, -0.1) is 0 Å². The quantitative estimate of drug-likeness (QED) is 0.832. The average Bonchev–Trinajstić information content (AvgIpc) is 3.14. The van der Waals surface area contributed by atoms with Gasteiger partial charge in [-0.3, -0.25) is 0 Å². The molecule has 1 aliphatic heterocycles. The van der Waals surface area contributed by atoms with Gasteiger partial charge >= 0.3 is 0 Å². The Morgan fingerprint density at radius 2 is 1.47 bits per heavy atom. The normalized spacial score (nSPS) is 25.2. The van der Waals surface area contributed by atoms with Crippen LogP contribution in [0.15, 0.2) is 60.7 Å². The van der Waals surface area contributed by atoms with Crippen molar-refractivity contribution in [2.24, 2.45) is 5.73 Å². The van der Waals surface area contributed by atoms with E-state index in [1.165, 1.54) is 11.1 Å². The summed E-state index contributed by atoms with van der Waals surface area (Å²) in [5.41, 5.74) is 8.39. The van der Waals surface area contributed by atoms with Crippen molar-refractivity contribution in [1.29, 1.82) is 0 Å². The standard InChI is InChI=1S/C17H19NO/c18-13-17(12-15-9-5-2-6-10-15)16(19-17)11-14-7-3-1-4-8-14/h1-10,16H,11-13,18H2. The van der Waals surface area contributed by atoms with Gasteiger partial charge in [0.25, 0.3) is 0 Å². The molecule has 0 aromatic heterocycles. The van der Waals surface area contributed by atoms with E-state index in [9.17, 15) is 0 Å². The van der Waals surface area contributed by atoms with Crippen molar-refractivity contribution in [1.82, 2.24) is 0 Å². The van der Waals surface area contributed by atoms with Crippen LogP contribution >= 0.6 is 0 Å². The van der Waals surface area contributed by atoms with Crippen molar-refractivity contribution in [2.45, 2.75) is 24.5 Å². The van der Waals surface area contributed by atoms with Gasteiger partial charge in [0.2, 0.25) is 0 Å². The number of hydrogen-bond acceptors (Lipinski definition) is 2. The molecule has 1 saturated heterocycles. The van der Waals surface area contributed by atoms with E-state index in [0.717, 1.165) is 12.8 Å². The summed E-state index contributed by atoms with van der Waals surface area (Å²) in [4.78, 5) is 0. The molecule has 3 rings (SSSR count). The van der Waals surface area contributed by atoms with Crippen molar-refractivity contribution in [3.05, 3.63) is 71.8 Å². The van der Waals surface area contributed by atoms with Gasteiger partial charge in [0.15, 0.2) is 0 Å². The lowest BCUT2D eigenvalue weighted by molar-refractivity contribution is 0.295. The second-order valence-corrected chi connectivity index (χ2v) is 5.23. The molecule has 2 N–H and O–H groups in total. The molecule has 0 aliphatic carbocycles. The minimum Gasteiger partial charge on any atom is -0.364 e. The Bertz CT molecular complexity index is 525. The molecular weight excluding hydrogens is 234 g/mol. The highest BCUT2D eigenvalue weighted by Gasteiger charge is 2.54. The molecule has 1 aliphatic rings. The summed E-state index contributed by atoms with van der Waals surface area (Å²) in [5.74, 6) is 0. The van der Waals surface area contributed by atoms with Crippen molar-refractivity contribution in [2.75, 3.05) is 6.54 Å². The van der Waals surface area contributed by atoms with E-state index < -0.39 is 0 Å². The Morgan fingerprint density at radius 3 is 2.05 bits per heavy atom. The highest BCUT2D eigenvalue weighted by atomic mass is 16.6. The molecule has 0 radical (unpaired) electrons. The third-order valence-electron chi connectivity index (χ3n) is 3.86. The summed E-state index contributed by atoms with van der Waals surface area (Å²) < 4.78 is 5.94. The topological polar surface area (TPSA) is 38.5 Å². The van der Waals surface area contributed by atoms with Gasteiger partial charge < -0.3 is 10.5 Å². The van der Waals surface area contributed by atoms with Crippen LogP contribution in [-0.4, -0.2) is 18.2 Å². The maximum absolute atomic E-state index is 5.94. The van der Waals surface area contributed by atoms with E-state index >= 15 is 0 Å². The molecule has 2 heteroatoms. The Hall–Kier alpha value is -1.64. The molecular formula is C17H19NO. The van der Waals surface area contributed by atoms with E-state index in [1.54, 1.807) is 0 Å². The zero-order chi connectivity index (χ0) is 13.1. The number of nitrogens with two attached hydrogens (primary N) is 1. The third kappa shape index (κ3) is 2.70. The van der Waals surface area contributed by atoms with Crippen LogP contribution in [-0.2, 0) is 17.6 Å². The number of ether oxygens (including phenoxy) is 1. The Balaban J connectivity index is 1.67. The van der Waals surface area contributed by atoms with Crippen molar-refractivity contribution < 1.29 is 4.74 Å². The molecule has 98 valence electrons. The van der Waals surface area contributed by atoms with Gasteiger partial charge in [-0.05, 0) is 11.1 Å². The van der Waals surface area contributed by atoms with Crippen LogP contribution in [0.1, 0.15) is 11.1 Å². The van der Waals surface area contributed by atoms with Gasteiger partial charge in [0, 0.05) is 19.4 Å². The third-order valence-corrected chi connectivity index (χ3v) is 3.86. The summed E-state index contributed by atoms with van der Waals surface area (Å²) in [6.45, 7) is 0.583. The Kier molecular flexibility index (Phi) is 3.36. The first-order valence-electron chi connectivity index (χ1n) is 6.78. The summed E-state index contributed by atoms with van der Waals surface area (Å²) in [7, 11) is 0. The molecule has 2 unspecified atom stereocenters. The molecule has 19 heavy (non-hydrogen) atoms. The largest absolute Gasteiger partial charge is 0.364 e. The predicted octanol–water partition coefficient (Wildman–Crippen LogP) is 2.57. The number of epoxide rings is 1. The minimum atomic E-state index is -0.156. The molecule has 0 bridgehead atoms. The Morgan fingerprint density at radius 1 is 0.895 bits per heavy atom. The second kappa shape index (κ2) is 5.16. The van der Waals surface area contributed by atoms with E-state index in [1.807, 2.05) is 12.1 Å². The second-order valence-electron chi connectivity index (χ2n) is 5.23. The van der Waals surface area contributed by atoms with Gasteiger partial charge in [-0.1, -0.05) is 60.7 Å². The molecule has 0 amide bonds. The van der Waals surface area contributed by atoms with Crippen LogP contribution in [0, 0.1) is 0 Å². The smallest absolute Gasteiger partial charge is 0.111 e. The Labute approximate surface area is 114 Å². The SMILES string of the molecule is NCC1(Cc2ccccc2)OC1Cc1ccccc1. The fourth-order valence-corrected chi connectivity index (χ4v) is 2.65. The summed E-state index contributed by atoms with van der Waals surface area (Å²) >= 11 is 0. The molecule has 2 nitrogen and oxygen atoms in total. The van der Waals surface area contributed by atoms with Crippen molar-refractivity contribution in [3.8, 4) is 0 Å².